The summed E-state index contributed by atoms with van der Waals surface area (Å²) in [5.74, 6) is 1.69. The van der Waals surface area contributed by atoms with Crippen LogP contribution in [0.5, 0.6) is 11.5 Å². The third-order valence-electron chi connectivity index (χ3n) is 11.6. The molecule has 6 heteroatoms. The maximum absolute atomic E-state index is 6.34. The number of ether oxygens (including phenoxy) is 2. The molecular weight excluding hydrogens is 667 g/mol. The van der Waals surface area contributed by atoms with E-state index in [9.17, 15) is 0 Å². The maximum Gasteiger partial charge on any atom is 0.264 e. The molecule has 0 unspecified atom stereocenters. The average molecular weight is 717 g/mol. The van der Waals surface area contributed by atoms with Crippen molar-refractivity contribution in [1.82, 2.24) is 0 Å². The standard InChI is InChI=1S/C47H49BN2O2S/c1-26-20-36-40-37(21-26)50(41-27(2)22-32(23-28(41)3)47(9,10)11)43-33-14-12-13-15-39(33)53-45(43)48(40)34-25-31(46(6,7)8)16-17-35(34)49(36)42-29(4)24-38-44(30(42)5)52-19-18-51-38/h12-17,20-25H,18-19H2,1-11H3. The van der Waals surface area contributed by atoms with Crippen LogP contribution in [-0.2, 0) is 10.8 Å². The summed E-state index contributed by atoms with van der Waals surface area (Å²) in [4.78, 5) is 5.18. The van der Waals surface area contributed by atoms with Gasteiger partial charge in [0, 0.05) is 37.5 Å². The lowest BCUT2D eigenvalue weighted by Crippen LogP contribution is -2.60. The van der Waals surface area contributed by atoms with Crippen LogP contribution in [0, 0.1) is 34.6 Å². The maximum atomic E-state index is 6.34. The topological polar surface area (TPSA) is 24.9 Å². The van der Waals surface area contributed by atoms with E-state index in [1.807, 2.05) is 11.3 Å². The number of thiophene rings is 1. The van der Waals surface area contributed by atoms with Gasteiger partial charge < -0.3 is 19.3 Å². The van der Waals surface area contributed by atoms with Crippen molar-refractivity contribution in [3.05, 3.63) is 112 Å². The lowest BCUT2D eigenvalue weighted by atomic mass is 9.36. The van der Waals surface area contributed by atoms with Gasteiger partial charge in [0.05, 0.1) is 17.1 Å². The molecule has 3 aliphatic heterocycles. The molecule has 0 radical (unpaired) electrons. The molecule has 0 N–H and O–H groups in total. The predicted molar refractivity (Wildman–Crippen MR) is 228 cm³/mol. The second-order valence-electron chi connectivity index (χ2n) is 17.6. The van der Waals surface area contributed by atoms with Crippen LogP contribution in [0.25, 0.3) is 10.1 Å². The Labute approximate surface area is 319 Å². The van der Waals surface area contributed by atoms with Crippen molar-refractivity contribution in [2.24, 2.45) is 0 Å². The minimum atomic E-state index is -0.00814. The highest BCUT2D eigenvalue weighted by atomic mass is 32.1. The summed E-state index contributed by atoms with van der Waals surface area (Å²) >= 11 is 1.96. The highest BCUT2D eigenvalue weighted by Gasteiger charge is 2.46. The third kappa shape index (κ3) is 5.08. The van der Waals surface area contributed by atoms with E-state index in [4.69, 9.17) is 9.47 Å². The first kappa shape index (κ1) is 34.1. The Morgan fingerprint density at radius 3 is 1.96 bits per heavy atom. The molecule has 0 bridgehead atoms. The van der Waals surface area contributed by atoms with E-state index in [0.717, 1.165) is 17.1 Å². The van der Waals surface area contributed by atoms with Crippen molar-refractivity contribution < 1.29 is 9.47 Å². The molecule has 0 aliphatic carbocycles. The van der Waals surface area contributed by atoms with E-state index < -0.39 is 0 Å². The summed E-state index contributed by atoms with van der Waals surface area (Å²) in [6.07, 6.45) is 0. The number of benzene rings is 5. The molecule has 0 saturated heterocycles. The fourth-order valence-corrected chi connectivity index (χ4v) is 10.4. The van der Waals surface area contributed by atoms with Crippen LogP contribution in [0.1, 0.15) is 80.5 Å². The number of hydrogen-bond donors (Lipinski definition) is 0. The first-order valence-corrected chi connectivity index (χ1v) is 19.9. The van der Waals surface area contributed by atoms with Gasteiger partial charge in [0.15, 0.2) is 11.5 Å². The molecule has 0 fully saturated rings. The van der Waals surface area contributed by atoms with Crippen LogP contribution in [0.3, 0.4) is 0 Å². The highest BCUT2D eigenvalue weighted by Crippen LogP contribution is 2.52. The van der Waals surface area contributed by atoms with Gasteiger partial charge in [0.1, 0.15) is 13.2 Å². The minimum absolute atomic E-state index is 0.00814. The molecule has 6 aromatic rings. The van der Waals surface area contributed by atoms with Crippen LogP contribution < -0.4 is 35.0 Å². The molecule has 53 heavy (non-hydrogen) atoms. The second-order valence-corrected chi connectivity index (χ2v) is 18.6. The quantitative estimate of drug-likeness (QED) is 0.166. The van der Waals surface area contributed by atoms with Crippen LogP contribution in [0.15, 0.2) is 72.8 Å². The van der Waals surface area contributed by atoms with E-state index in [1.165, 1.54) is 93.3 Å². The normalized spacial score (nSPS) is 14.7. The molecule has 0 atom stereocenters. The van der Waals surface area contributed by atoms with Crippen molar-refractivity contribution in [2.45, 2.75) is 87.0 Å². The van der Waals surface area contributed by atoms with Crippen LogP contribution >= 0.6 is 11.3 Å². The van der Waals surface area contributed by atoms with Crippen LogP contribution in [-0.4, -0.2) is 19.9 Å². The predicted octanol–water partition coefficient (Wildman–Crippen LogP) is 10.9. The molecule has 9 rings (SSSR count). The Balaban J connectivity index is 1.42. The van der Waals surface area contributed by atoms with Gasteiger partial charge in [0.25, 0.3) is 6.71 Å². The zero-order valence-electron chi connectivity index (χ0n) is 33.0. The first-order valence-electron chi connectivity index (χ1n) is 19.1. The second kappa shape index (κ2) is 11.7. The van der Waals surface area contributed by atoms with E-state index in [1.54, 1.807) is 0 Å². The Kier molecular flexibility index (Phi) is 7.51. The highest BCUT2D eigenvalue weighted by molar-refractivity contribution is 7.33. The molecule has 4 heterocycles. The monoisotopic (exact) mass is 716 g/mol. The SMILES string of the molecule is Cc1cc2c3c(c1)N(c1c(C)cc(C(C)(C)C)cc1C)c1c(sc4ccccc14)B3c1cc(C(C)(C)C)ccc1N2c1c(C)cc2c(c1C)OCCO2. The summed E-state index contributed by atoms with van der Waals surface area (Å²) < 4.78 is 15.2. The van der Waals surface area contributed by atoms with Crippen molar-refractivity contribution in [1.29, 1.82) is 0 Å². The third-order valence-corrected chi connectivity index (χ3v) is 12.8. The molecule has 3 aliphatic rings. The van der Waals surface area contributed by atoms with Gasteiger partial charge in [-0.25, -0.2) is 0 Å². The zero-order valence-corrected chi connectivity index (χ0v) is 33.9. The van der Waals surface area contributed by atoms with Crippen molar-refractivity contribution >= 4 is 78.0 Å². The molecule has 4 nitrogen and oxygen atoms in total. The van der Waals surface area contributed by atoms with Crippen molar-refractivity contribution in [2.75, 3.05) is 23.0 Å². The van der Waals surface area contributed by atoms with Gasteiger partial charge in [0.2, 0.25) is 0 Å². The Morgan fingerprint density at radius 2 is 1.26 bits per heavy atom. The number of hydrogen-bond acceptors (Lipinski definition) is 5. The summed E-state index contributed by atoms with van der Waals surface area (Å²) in [7, 11) is 0. The van der Waals surface area contributed by atoms with Gasteiger partial charge in [-0.05, 0) is 120 Å². The van der Waals surface area contributed by atoms with Crippen molar-refractivity contribution in [3.8, 4) is 11.5 Å². The van der Waals surface area contributed by atoms with Gasteiger partial charge in [-0.3, -0.25) is 0 Å². The molecule has 0 spiro atoms. The Morgan fingerprint density at radius 1 is 0.623 bits per heavy atom. The molecular formula is C47H49BN2O2S. The molecule has 1 aromatic heterocycles. The van der Waals surface area contributed by atoms with E-state index in [2.05, 4.69) is 159 Å². The van der Waals surface area contributed by atoms with Crippen LogP contribution in [0.4, 0.5) is 34.1 Å². The molecule has 0 saturated carbocycles. The smallest absolute Gasteiger partial charge is 0.264 e. The summed E-state index contributed by atoms with van der Waals surface area (Å²) in [6.45, 7) is 26.4. The van der Waals surface area contributed by atoms with Gasteiger partial charge in [-0.15, -0.1) is 11.3 Å². The molecule has 5 aromatic carbocycles. The first-order chi connectivity index (χ1) is 25.1. The number of anilines is 6. The minimum Gasteiger partial charge on any atom is -0.486 e. The molecule has 0 amide bonds. The lowest BCUT2D eigenvalue weighted by Gasteiger charge is -2.45. The number of nitrogens with zero attached hydrogens (tertiary/aromatic N) is 2. The summed E-state index contributed by atoms with van der Waals surface area (Å²) in [6, 6.07) is 28.1. The van der Waals surface area contributed by atoms with Crippen molar-refractivity contribution in [3.63, 3.8) is 0 Å². The lowest BCUT2D eigenvalue weighted by molar-refractivity contribution is 0.170. The average Bonchev–Trinajstić information content (AvgIpc) is 3.48. The summed E-state index contributed by atoms with van der Waals surface area (Å²) in [5.41, 5.74) is 19.1. The van der Waals surface area contributed by atoms with E-state index >= 15 is 0 Å². The van der Waals surface area contributed by atoms with Gasteiger partial charge in [-0.2, -0.15) is 0 Å². The largest absolute Gasteiger partial charge is 0.486 e. The number of aryl methyl sites for hydroxylation is 4. The fraction of sp³-hybridized carbons (Fsp3) is 0.319. The Bertz CT molecular complexity index is 2490. The van der Waals surface area contributed by atoms with Crippen LogP contribution in [0.2, 0.25) is 0 Å². The zero-order chi connectivity index (χ0) is 37.3. The Hall–Kier alpha value is -4.68. The van der Waals surface area contributed by atoms with Gasteiger partial charge in [-0.1, -0.05) is 84.0 Å². The fourth-order valence-electron chi connectivity index (χ4n) is 9.10. The van der Waals surface area contributed by atoms with E-state index in [0.29, 0.717) is 13.2 Å². The number of fused-ring (bicyclic) bond motifs is 7. The van der Waals surface area contributed by atoms with Gasteiger partial charge >= 0.3 is 0 Å². The van der Waals surface area contributed by atoms with E-state index in [-0.39, 0.29) is 17.5 Å². The molecule has 268 valence electrons. The number of rotatable bonds is 2. The summed E-state index contributed by atoms with van der Waals surface area (Å²) in [5, 5.41) is 1.31.